The maximum Gasteiger partial charge on any atom is 0.325 e. The van der Waals surface area contributed by atoms with Gasteiger partial charge < -0.3 is 15.2 Å². The summed E-state index contributed by atoms with van der Waals surface area (Å²) in [5.74, 6) is 0.876. The number of benzene rings is 1. The number of hydrogen-bond donors (Lipinski definition) is 3. The number of thiazole rings is 1. The first-order chi connectivity index (χ1) is 15.7. The number of anilines is 3. The molecule has 6 rings (SSSR count). The van der Waals surface area contributed by atoms with Crippen molar-refractivity contribution < 1.29 is 4.79 Å². The van der Waals surface area contributed by atoms with Crippen LogP contribution in [0.15, 0.2) is 43.0 Å². The molecular weight excluding hydrogens is 426 g/mol. The van der Waals surface area contributed by atoms with E-state index in [0.29, 0.717) is 11.7 Å². The number of amides is 2. The average molecular weight is 446 g/mol. The van der Waals surface area contributed by atoms with Crippen LogP contribution in [0.2, 0.25) is 0 Å². The Hall–Kier alpha value is -3.99. The number of para-hydroxylation sites is 1. The van der Waals surface area contributed by atoms with Crippen molar-refractivity contribution in [2.24, 2.45) is 0 Å². The largest absolute Gasteiger partial charge is 0.359 e. The maximum absolute atomic E-state index is 12.5. The van der Waals surface area contributed by atoms with Gasteiger partial charge >= 0.3 is 6.03 Å². The fourth-order valence-corrected chi connectivity index (χ4v) is 4.91. The predicted molar refractivity (Wildman–Crippen MR) is 124 cm³/mol. The number of aromatic amines is 1. The second-order valence-corrected chi connectivity index (χ2v) is 8.70. The van der Waals surface area contributed by atoms with Crippen LogP contribution in [-0.4, -0.2) is 42.3 Å². The van der Waals surface area contributed by atoms with E-state index in [4.69, 9.17) is 0 Å². The minimum Gasteiger partial charge on any atom is -0.359 e. The predicted octanol–water partition coefficient (Wildman–Crippen LogP) is 3.74. The molecule has 2 amide bonds. The number of carbonyl (C=O) groups is 1. The molecule has 1 aliphatic heterocycles. The second-order valence-electron chi connectivity index (χ2n) is 7.58. The number of H-pyrrole nitrogens is 1. The van der Waals surface area contributed by atoms with Crippen LogP contribution >= 0.6 is 11.3 Å². The highest BCUT2D eigenvalue weighted by Crippen LogP contribution is 2.31. The number of fused-ring (bicyclic) bond motifs is 1. The first-order valence-electron chi connectivity index (χ1n) is 10.2. The fraction of sp³-hybridized carbons (Fsp3) is 0.190. The molecule has 0 spiro atoms. The Morgan fingerprint density at radius 1 is 1.19 bits per heavy atom. The summed E-state index contributed by atoms with van der Waals surface area (Å²) in [6.07, 6.45) is 5.23. The first-order valence-corrected chi connectivity index (χ1v) is 11.0. The van der Waals surface area contributed by atoms with Crippen molar-refractivity contribution in [1.29, 1.82) is 0 Å². The molecule has 0 aliphatic carbocycles. The van der Waals surface area contributed by atoms with E-state index in [-0.39, 0.29) is 6.03 Å². The zero-order valence-electron chi connectivity index (χ0n) is 17.2. The van der Waals surface area contributed by atoms with Gasteiger partial charge in [0.1, 0.15) is 17.4 Å². The van der Waals surface area contributed by atoms with Crippen molar-refractivity contribution in [1.82, 2.24) is 29.7 Å². The molecule has 10 nitrogen and oxygen atoms in total. The van der Waals surface area contributed by atoms with Crippen LogP contribution < -0.4 is 15.5 Å². The highest BCUT2D eigenvalue weighted by atomic mass is 32.1. The number of carbonyl (C=O) groups excluding carboxylic acids is 1. The zero-order chi connectivity index (χ0) is 21.7. The van der Waals surface area contributed by atoms with Gasteiger partial charge in [0.15, 0.2) is 10.9 Å². The van der Waals surface area contributed by atoms with Crippen LogP contribution in [0.25, 0.3) is 21.9 Å². The summed E-state index contributed by atoms with van der Waals surface area (Å²) in [5, 5.41) is 11.9. The maximum atomic E-state index is 12.5. The molecule has 11 heteroatoms. The fourth-order valence-electron chi connectivity index (χ4n) is 4.09. The second kappa shape index (κ2) is 7.31. The van der Waals surface area contributed by atoms with Gasteiger partial charge in [-0.1, -0.05) is 23.5 Å². The molecule has 0 atom stereocenters. The Morgan fingerprint density at radius 3 is 3.06 bits per heavy atom. The van der Waals surface area contributed by atoms with Crippen LogP contribution in [0.1, 0.15) is 10.6 Å². The third-order valence-electron chi connectivity index (χ3n) is 5.51. The lowest BCUT2D eigenvalue weighted by Crippen LogP contribution is -2.32. The molecule has 1 aromatic carbocycles. The molecule has 0 radical (unpaired) electrons. The minimum absolute atomic E-state index is 0.331. The summed E-state index contributed by atoms with van der Waals surface area (Å²) >= 11 is 1.45. The minimum atomic E-state index is -0.331. The number of rotatable bonds is 4. The van der Waals surface area contributed by atoms with Gasteiger partial charge in [-0.25, -0.2) is 19.7 Å². The van der Waals surface area contributed by atoms with E-state index < -0.39 is 0 Å². The van der Waals surface area contributed by atoms with E-state index in [1.807, 2.05) is 42.1 Å². The molecule has 0 saturated carbocycles. The molecule has 1 aliphatic rings. The molecule has 5 heterocycles. The number of urea groups is 1. The smallest absolute Gasteiger partial charge is 0.325 e. The molecule has 0 saturated heterocycles. The number of hydrogen-bond acceptors (Lipinski definition) is 7. The van der Waals surface area contributed by atoms with Gasteiger partial charge in [0.25, 0.3) is 0 Å². The highest BCUT2D eigenvalue weighted by molar-refractivity contribution is 7.15. The van der Waals surface area contributed by atoms with Crippen LogP contribution in [0.3, 0.4) is 0 Å². The molecule has 32 heavy (non-hydrogen) atoms. The number of nitrogens with one attached hydrogen (secondary N) is 3. The Kier molecular flexibility index (Phi) is 4.28. The summed E-state index contributed by atoms with van der Waals surface area (Å²) in [6, 6.07) is 7.39. The molecule has 0 bridgehead atoms. The van der Waals surface area contributed by atoms with Crippen LogP contribution in [0.5, 0.6) is 0 Å². The summed E-state index contributed by atoms with van der Waals surface area (Å²) < 4.78 is 1.98. The topological polar surface area (TPSA) is 117 Å². The Bertz CT molecular complexity index is 1470. The van der Waals surface area contributed by atoms with Gasteiger partial charge in [-0.15, -0.1) is 0 Å². The molecule has 5 aromatic rings. The molecule has 160 valence electrons. The third-order valence-corrected chi connectivity index (χ3v) is 6.41. The highest BCUT2D eigenvalue weighted by Gasteiger charge is 2.24. The summed E-state index contributed by atoms with van der Waals surface area (Å²) in [7, 11) is 0. The lowest BCUT2D eigenvalue weighted by atomic mass is 10.2. The summed E-state index contributed by atoms with van der Waals surface area (Å²) in [4.78, 5) is 32.2. The molecule has 0 unspecified atom stereocenters. The monoisotopic (exact) mass is 445 g/mol. The zero-order valence-corrected chi connectivity index (χ0v) is 18.0. The van der Waals surface area contributed by atoms with E-state index in [0.717, 1.165) is 57.1 Å². The van der Waals surface area contributed by atoms with Crippen molar-refractivity contribution >= 4 is 55.9 Å². The van der Waals surface area contributed by atoms with Gasteiger partial charge in [0, 0.05) is 29.2 Å². The van der Waals surface area contributed by atoms with Crippen molar-refractivity contribution in [3.63, 3.8) is 0 Å². The molecule has 0 fully saturated rings. The van der Waals surface area contributed by atoms with E-state index in [1.54, 1.807) is 12.5 Å². The third kappa shape index (κ3) is 3.14. The lowest BCUT2D eigenvalue weighted by Gasteiger charge is -2.27. The van der Waals surface area contributed by atoms with Crippen molar-refractivity contribution in [2.45, 2.75) is 20.0 Å². The van der Waals surface area contributed by atoms with E-state index in [2.05, 4.69) is 40.6 Å². The van der Waals surface area contributed by atoms with E-state index in [9.17, 15) is 4.79 Å². The number of aromatic nitrogens is 6. The van der Waals surface area contributed by atoms with Gasteiger partial charge in [-0.05, 0) is 19.1 Å². The van der Waals surface area contributed by atoms with Crippen LogP contribution in [0, 0.1) is 6.92 Å². The Labute approximate surface area is 186 Å². The summed E-state index contributed by atoms with van der Waals surface area (Å²) in [6.45, 7) is 4.19. The molecule has 4 aromatic heterocycles. The first kappa shape index (κ1) is 18.8. The van der Waals surface area contributed by atoms with E-state index in [1.165, 1.54) is 11.3 Å². The quantitative estimate of drug-likeness (QED) is 0.388. The van der Waals surface area contributed by atoms with Gasteiger partial charge in [0.2, 0.25) is 0 Å². The van der Waals surface area contributed by atoms with E-state index >= 15 is 0 Å². The summed E-state index contributed by atoms with van der Waals surface area (Å²) in [5.41, 5.74) is 4.38. The van der Waals surface area contributed by atoms with Crippen molar-refractivity contribution in [3.8, 4) is 0 Å². The number of nitrogens with zero attached hydrogens (tertiary/aromatic N) is 6. The van der Waals surface area contributed by atoms with Gasteiger partial charge in [-0.3, -0.25) is 10.00 Å². The van der Waals surface area contributed by atoms with Gasteiger partial charge in [0.05, 0.1) is 30.0 Å². The van der Waals surface area contributed by atoms with Crippen molar-refractivity contribution in [3.05, 3.63) is 53.6 Å². The molecular formula is C21H19N9OS. The van der Waals surface area contributed by atoms with Crippen molar-refractivity contribution in [2.75, 3.05) is 22.1 Å². The lowest BCUT2D eigenvalue weighted by molar-refractivity contribution is 0.262. The SMILES string of the molecule is Cc1nn2c3c(ncnc13)N(Cc1cnc(NC(=O)Nc3cccc4cc[nH]c34)s1)CC2. The number of aryl methyl sites for hydroxylation is 1. The van der Waals surface area contributed by atoms with Crippen LogP contribution in [0.4, 0.5) is 21.4 Å². The molecule has 3 N–H and O–H groups in total. The average Bonchev–Trinajstić information content (AvgIpc) is 3.51. The Balaban J connectivity index is 1.17. The van der Waals surface area contributed by atoms with Gasteiger partial charge in [-0.2, -0.15) is 5.10 Å². The normalized spacial score (nSPS) is 13.1. The standard InChI is InChI=1S/C21H19N9OS/c1-12-16-18-19(25-11-24-16)29(7-8-30(18)28-12)10-14-9-23-21(32-14)27-20(31)26-15-4-2-3-13-5-6-22-17(13)15/h2-6,9,11,22H,7-8,10H2,1H3,(H2,23,26,27,31). The van der Waals surface area contributed by atoms with Crippen LogP contribution in [-0.2, 0) is 13.1 Å². The Morgan fingerprint density at radius 2 is 2.12 bits per heavy atom.